The van der Waals surface area contributed by atoms with Crippen LogP contribution in [-0.2, 0) is 0 Å². The summed E-state index contributed by atoms with van der Waals surface area (Å²) in [7, 11) is 0. The number of hydrogen-bond donors (Lipinski definition) is 1. The summed E-state index contributed by atoms with van der Waals surface area (Å²) in [5.74, 6) is 0.976. The molecule has 12 heavy (non-hydrogen) atoms. The number of allylic oxidation sites excluding steroid dienone is 3. The van der Waals surface area contributed by atoms with Gasteiger partial charge in [-0.05, 0) is 19.4 Å². The van der Waals surface area contributed by atoms with Gasteiger partial charge in [-0.2, -0.15) is 0 Å². The van der Waals surface area contributed by atoms with E-state index in [1.165, 1.54) is 5.57 Å². The van der Waals surface area contributed by atoms with Crippen molar-refractivity contribution < 1.29 is 0 Å². The van der Waals surface area contributed by atoms with Gasteiger partial charge in [0.1, 0.15) is 0 Å². The van der Waals surface area contributed by atoms with E-state index in [0.717, 1.165) is 18.1 Å². The van der Waals surface area contributed by atoms with E-state index in [1.54, 1.807) is 6.08 Å². The molecule has 2 nitrogen and oxygen atoms in total. The van der Waals surface area contributed by atoms with Crippen LogP contribution in [0, 0.1) is 0 Å². The number of rotatable bonds is 1. The van der Waals surface area contributed by atoms with Gasteiger partial charge in [-0.25, -0.2) is 0 Å². The highest BCUT2D eigenvalue weighted by Crippen LogP contribution is 2.11. The maximum atomic E-state index is 4.28. The second-order valence-electron chi connectivity index (χ2n) is 2.66. The molecule has 1 heterocycles. The summed E-state index contributed by atoms with van der Waals surface area (Å²) in [5.41, 5.74) is 2.33. The summed E-state index contributed by atoms with van der Waals surface area (Å²) >= 11 is 0. The molecule has 64 valence electrons. The summed E-state index contributed by atoms with van der Waals surface area (Å²) in [5, 5.41) is 3.20. The molecule has 0 radical (unpaired) electrons. The summed E-state index contributed by atoms with van der Waals surface area (Å²) < 4.78 is 0. The lowest BCUT2D eigenvalue weighted by Crippen LogP contribution is -2.26. The van der Waals surface area contributed by atoms with Gasteiger partial charge in [-0.15, -0.1) is 0 Å². The van der Waals surface area contributed by atoms with Crippen molar-refractivity contribution in [2.45, 2.75) is 13.8 Å². The van der Waals surface area contributed by atoms with Crippen LogP contribution in [0.4, 0.5) is 0 Å². The molecule has 0 bridgehead atoms. The van der Waals surface area contributed by atoms with Crippen molar-refractivity contribution in [1.82, 2.24) is 5.32 Å². The third kappa shape index (κ3) is 1.84. The van der Waals surface area contributed by atoms with Gasteiger partial charge in [0.25, 0.3) is 0 Å². The second-order valence-corrected chi connectivity index (χ2v) is 2.66. The van der Waals surface area contributed by atoms with Gasteiger partial charge >= 0.3 is 0 Å². The van der Waals surface area contributed by atoms with E-state index < -0.39 is 0 Å². The van der Waals surface area contributed by atoms with E-state index in [9.17, 15) is 0 Å². The van der Waals surface area contributed by atoms with Crippen LogP contribution in [0.3, 0.4) is 0 Å². The molecule has 0 aliphatic carbocycles. The molecule has 0 atom stereocenters. The van der Waals surface area contributed by atoms with E-state index >= 15 is 0 Å². The molecular formula is C10H14N2. The largest absolute Gasteiger partial charge is 0.344 e. The standard InChI is InChI=1S/C10H14N2/c1-4-6-9-7-11-8(3)12-10(9)5-2/h4-6H,1,7H2,2-3H3,(H,11,12)/b9-6-,10-5+. The van der Waals surface area contributed by atoms with Crippen LogP contribution in [-0.4, -0.2) is 12.4 Å². The average molecular weight is 162 g/mol. The first-order valence-electron chi connectivity index (χ1n) is 4.04. The number of aliphatic imine (C=N–C) groups is 1. The molecule has 0 saturated carbocycles. The first-order chi connectivity index (χ1) is 5.77. The number of amidine groups is 1. The van der Waals surface area contributed by atoms with E-state index in [2.05, 4.69) is 16.9 Å². The maximum Gasteiger partial charge on any atom is 0.0979 e. The molecule has 1 N–H and O–H groups in total. The Kier molecular flexibility index (Phi) is 2.86. The molecular weight excluding hydrogens is 148 g/mol. The first-order valence-corrected chi connectivity index (χ1v) is 4.04. The highest BCUT2D eigenvalue weighted by molar-refractivity contribution is 5.83. The van der Waals surface area contributed by atoms with Crippen molar-refractivity contribution >= 4 is 5.84 Å². The van der Waals surface area contributed by atoms with E-state index in [1.807, 2.05) is 26.0 Å². The number of nitrogens with zero attached hydrogens (tertiary/aromatic N) is 1. The van der Waals surface area contributed by atoms with Gasteiger partial charge in [0.2, 0.25) is 0 Å². The monoisotopic (exact) mass is 162 g/mol. The summed E-state index contributed by atoms with van der Waals surface area (Å²) in [6.07, 6.45) is 5.82. The van der Waals surface area contributed by atoms with Crippen LogP contribution >= 0.6 is 0 Å². The van der Waals surface area contributed by atoms with Gasteiger partial charge < -0.3 is 5.32 Å². The molecule has 0 saturated heterocycles. The van der Waals surface area contributed by atoms with Crippen LogP contribution in [0.5, 0.6) is 0 Å². The van der Waals surface area contributed by atoms with Crippen molar-refractivity contribution in [1.29, 1.82) is 0 Å². The Morgan fingerprint density at radius 2 is 2.33 bits per heavy atom. The number of hydrogen-bond acceptors (Lipinski definition) is 2. The van der Waals surface area contributed by atoms with Gasteiger partial charge in [-0.3, -0.25) is 4.99 Å². The van der Waals surface area contributed by atoms with Crippen LogP contribution in [0.1, 0.15) is 13.8 Å². The summed E-state index contributed by atoms with van der Waals surface area (Å²) in [6, 6.07) is 0. The van der Waals surface area contributed by atoms with Gasteiger partial charge in [0.15, 0.2) is 0 Å². The van der Waals surface area contributed by atoms with E-state index in [4.69, 9.17) is 0 Å². The van der Waals surface area contributed by atoms with Crippen molar-refractivity contribution in [3.8, 4) is 0 Å². The molecule has 0 aromatic carbocycles. The average Bonchev–Trinajstić information content (AvgIpc) is 2.08. The summed E-state index contributed by atoms with van der Waals surface area (Å²) in [4.78, 5) is 4.28. The first kappa shape index (κ1) is 8.78. The normalized spacial score (nSPS) is 23.7. The van der Waals surface area contributed by atoms with Crippen molar-refractivity contribution in [2.24, 2.45) is 4.99 Å². The Bertz CT molecular complexity index is 270. The maximum absolute atomic E-state index is 4.28. The van der Waals surface area contributed by atoms with E-state index in [0.29, 0.717) is 0 Å². The fraction of sp³-hybridized carbons (Fsp3) is 0.300. The van der Waals surface area contributed by atoms with Gasteiger partial charge in [0.05, 0.1) is 12.4 Å². The second kappa shape index (κ2) is 3.90. The van der Waals surface area contributed by atoms with Crippen molar-refractivity contribution in [3.63, 3.8) is 0 Å². The van der Waals surface area contributed by atoms with Gasteiger partial charge in [0, 0.05) is 5.70 Å². The zero-order chi connectivity index (χ0) is 8.97. The molecule has 0 aromatic heterocycles. The molecule has 2 heteroatoms. The Labute approximate surface area is 73.4 Å². The third-order valence-corrected chi connectivity index (χ3v) is 1.76. The van der Waals surface area contributed by atoms with Crippen LogP contribution in [0.25, 0.3) is 0 Å². The minimum Gasteiger partial charge on any atom is -0.344 e. The van der Waals surface area contributed by atoms with Gasteiger partial charge in [-0.1, -0.05) is 24.8 Å². The molecule has 0 amide bonds. The third-order valence-electron chi connectivity index (χ3n) is 1.76. The molecule has 0 aromatic rings. The Morgan fingerprint density at radius 3 is 2.92 bits per heavy atom. The fourth-order valence-corrected chi connectivity index (χ4v) is 1.15. The smallest absolute Gasteiger partial charge is 0.0979 e. The molecule has 1 aliphatic heterocycles. The molecule has 0 unspecified atom stereocenters. The van der Waals surface area contributed by atoms with Crippen molar-refractivity contribution in [3.05, 3.63) is 36.1 Å². The quantitative estimate of drug-likeness (QED) is 0.626. The fourth-order valence-electron chi connectivity index (χ4n) is 1.15. The Morgan fingerprint density at radius 1 is 1.58 bits per heavy atom. The zero-order valence-electron chi connectivity index (χ0n) is 7.59. The number of nitrogens with one attached hydrogen (secondary N) is 1. The lowest BCUT2D eigenvalue weighted by Gasteiger charge is -2.17. The van der Waals surface area contributed by atoms with E-state index in [-0.39, 0.29) is 0 Å². The van der Waals surface area contributed by atoms with Crippen LogP contribution in [0.15, 0.2) is 41.1 Å². The van der Waals surface area contributed by atoms with Crippen LogP contribution < -0.4 is 5.32 Å². The minimum absolute atomic E-state index is 0.754. The Balaban J connectivity index is 2.91. The molecule has 0 spiro atoms. The predicted molar refractivity (Wildman–Crippen MR) is 53.1 cm³/mol. The highest BCUT2D eigenvalue weighted by atomic mass is 15.0. The Hall–Kier alpha value is -1.31. The predicted octanol–water partition coefficient (Wildman–Crippen LogP) is 2.02. The lowest BCUT2D eigenvalue weighted by molar-refractivity contribution is 0.974. The lowest BCUT2D eigenvalue weighted by atomic mass is 10.1. The minimum atomic E-state index is 0.754. The zero-order valence-corrected chi connectivity index (χ0v) is 7.59. The van der Waals surface area contributed by atoms with Crippen molar-refractivity contribution in [2.75, 3.05) is 6.54 Å². The molecule has 1 aliphatic rings. The SMILES string of the molecule is C=C/C=C1/CN=C(C)N/C1=C/C. The molecule has 1 rings (SSSR count). The summed E-state index contributed by atoms with van der Waals surface area (Å²) in [6.45, 7) is 8.40. The molecule has 0 fully saturated rings. The topological polar surface area (TPSA) is 24.4 Å². The highest BCUT2D eigenvalue weighted by Gasteiger charge is 2.08. The van der Waals surface area contributed by atoms with Crippen LogP contribution in [0.2, 0.25) is 0 Å².